The Hall–Kier alpha value is -2.14. The summed E-state index contributed by atoms with van der Waals surface area (Å²) in [5.74, 6) is 0. The van der Waals surface area contributed by atoms with Gasteiger partial charge in [0.05, 0.1) is 17.8 Å². The van der Waals surface area contributed by atoms with Crippen LogP contribution in [0.4, 0.5) is 5.69 Å². The Morgan fingerprint density at radius 1 is 1.23 bits per heavy atom. The third-order valence-electron chi connectivity index (χ3n) is 4.27. The molecule has 1 aliphatic rings. The number of anilines is 1. The molecule has 1 aliphatic carbocycles. The van der Waals surface area contributed by atoms with E-state index in [1.54, 1.807) is 6.07 Å². The predicted molar refractivity (Wildman–Crippen MR) is 86.9 cm³/mol. The van der Waals surface area contributed by atoms with Crippen LogP contribution in [-0.4, -0.2) is 27.4 Å². The lowest BCUT2D eigenvalue weighted by atomic mass is 9.92. The topological polar surface area (TPSA) is 78.0 Å². The van der Waals surface area contributed by atoms with Crippen LogP contribution in [0.3, 0.4) is 0 Å². The zero-order valence-corrected chi connectivity index (χ0v) is 12.7. The van der Waals surface area contributed by atoms with Crippen molar-refractivity contribution in [3.63, 3.8) is 0 Å². The van der Waals surface area contributed by atoms with E-state index in [-0.39, 0.29) is 17.7 Å². The van der Waals surface area contributed by atoms with E-state index < -0.39 is 0 Å². The highest BCUT2D eigenvalue weighted by atomic mass is 16.3. The van der Waals surface area contributed by atoms with E-state index in [9.17, 15) is 9.90 Å². The summed E-state index contributed by atoms with van der Waals surface area (Å²) in [6, 6.07) is 9.35. The minimum atomic E-state index is -0.270. The highest BCUT2D eigenvalue weighted by molar-refractivity contribution is 5.65. The van der Waals surface area contributed by atoms with Gasteiger partial charge in [-0.05, 0) is 43.5 Å². The Kier molecular flexibility index (Phi) is 4.24. The molecule has 22 heavy (non-hydrogen) atoms. The van der Waals surface area contributed by atoms with Gasteiger partial charge in [-0.25, -0.2) is 5.10 Å². The van der Waals surface area contributed by atoms with E-state index in [1.165, 1.54) is 6.07 Å². The van der Waals surface area contributed by atoms with Crippen LogP contribution in [0.1, 0.15) is 31.2 Å². The second-order valence-electron chi connectivity index (χ2n) is 5.94. The summed E-state index contributed by atoms with van der Waals surface area (Å²) in [7, 11) is 0. The van der Waals surface area contributed by atoms with Crippen molar-refractivity contribution in [1.82, 2.24) is 10.2 Å². The fourth-order valence-electron chi connectivity index (χ4n) is 2.97. The number of hydrogen-bond acceptors (Lipinski definition) is 4. The van der Waals surface area contributed by atoms with E-state index in [2.05, 4.69) is 15.5 Å². The Balaban J connectivity index is 1.80. The molecule has 1 heterocycles. The lowest BCUT2D eigenvalue weighted by Gasteiger charge is -2.29. The van der Waals surface area contributed by atoms with E-state index in [0.717, 1.165) is 48.2 Å². The van der Waals surface area contributed by atoms with Crippen molar-refractivity contribution in [2.75, 3.05) is 5.32 Å². The average Bonchev–Trinajstić information content (AvgIpc) is 2.52. The van der Waals surface area contributed by atoms with Crippen LogP contribution in [0.5, 0.6) is 0 Å². The molecule has 0 spiro atoms. The van der Waals surface area contributed by atoms with Crippen molar-refractivity contribution in [3.05, 3.63) is 46.2 Å². The molecule has 3 rings (SSSR count). The number of H-pyrrole nitrogens is 1. The fraction of sp³-hybridized carbons (Fsp3) is 0.412. The smallest absolute Gasteiger partial charge is 0.264 e. The minimum absolute atomic E-state index is 0.129. The predicted octanol–water partition coefficient (Wildman–Crippen LogP) is 2.46. The van der Waals surface area contributed by atoms with Crippen molar-refractivity contribution in [3.8, 4) is 11.3 Å². The molecule has 5 nitrogen and oxygen atoms in total. The molecule has 2 atom stereocenters. The van der Waals surface area contributed by atoms with E-state index in [1.807, 2.05) is 25.1 Å². The standard InChI is InChI=1S/C17H21N3O2/c1-11-10-12(14-8-9-17(22)20-19-14)6-7-13(11)18-15-4-2-3-5-16(15)21/h6-10,15-16,18,21H,2-5H2,1H3,(H,20,22). The van der Waals surface area contributed by atoms with Crippen LogP contribution in [0, 0.1) is 6.92 Å². The monoisotopic (exact) mass is 299 g/mol. The van der Waals surface area contributed by atoms with Gasteiger partial charge >= 0.3 is 0 Å². The van der Waals surface area contributed by atoms with E-state index >= 15 is 0 Å². The highest BCUT2D eigenvalue weighted by Gasteiger charge is 2.23. The van der Waals surface area contributed by atoms with Crippen LogP contribution in [0.2, 0.25) is 0 Å². The van der Waals surface area contributed by atoms with Gasteiger partial charge in [-0.2, -0.15) is 5.10 Å². The normalized spacial score (nSPS) is 21.5. The number of hydrogen-bond donors (Lipinski definition) is 3. The molecule has 1 fully saturated rings. The van der Waals surface area contributed by atoms with Crippen molar-refractivity contribution < 1.29 is 5.11 Å². The molecule has 5 heteroatoms. The molecular formula is C17H21N3O2. The number of benzene rings is 1. The molecule has 0 aliphatic heterocycles. The lowest BCUT2D eigenvalue weighted by Crippen LogP contribution is -2.36. The summed E-state index contributed by atoms with van der Waals surface area (Å²) in [6.07, 6.45) is 3.87. The van der Waals surface area contributed by atoms with Crippen LogP contribution < -0.4 is 10.9 Å². The first-order valence-electron chi connectivity index (χ1n) is 7.75. The lowest BCUT2D eigenvalue weighted by molar-refractivity contribution is 0.116. The summed E-state index contributed by atoms with van der Waals surface area (Å²) < 4.78 is 0. The molecule has 1 aromatic heterocycles. The van der Waals surface area contributed by atoms with Gasteiger partial charge in [-0.15, -0.1) is 0 Å². The van der Waals surface area contributed by atoms with Gasteiger partial charge < -0.3 is 10.4 Å². The molecule has 116 valence electrons. The number of aromatic nitrogens is 2. The van der Waals surface area contributed by atoms with Crippen LogP contribution in [0.15, 0.2) is 35.1 Å². The van der Waals surface area contributed by atoms with E-state index in [4.69, 9.17) is 0 Å². The number of aryl methyl sites for hydroxylation is 1. The maximum Gasteiger partial charge on any atom is 0.264 e. The van der Waals surface area contributed by atoms with E-state index in [0.29, 0.717) is 0 Å². The maximum absolute atomic E-state index is 11.1. The summed E-state index contributed by atoms with van der Waals surface area (Å²) >= 11 is 0. The van der Waals surface area contributed by atoms with Gasteiger partial charge in [0.15, 0.2) is 0 Å². The molecule has 0 amide bonds. The van der Waals surface area contributed by atoms with Crippen LogP contribution in [0.25, 0.3) is 11.3 Å². The van der Waals surface area contributed by atoms with Gasteiger partial charge in [0, 0.05) is 17.3 Å². The summed E-state index contributed by atoms with van der Waals surface area (Å²) in [4.78, 5) is 11.1. The summed E-state index contributed by atoms with van der Waals surface area (Å²) in [5.41, 5.74) is 3.64. The number of nitrogens with one attached hydrogen (secondary N) is 2. The zero-order chi connectivity index (χ0) is 15.5. The molecule has 2 unspecified atom stereocenters. The Labute approximate surface area is 129 Å². The van der Waals surface area contributed by atoms with Crippen molar-refractivity contribution in [2.24, 2.45) is 0 Å². The molecule has 0 saturated heterocycles. The average molecular weight is 299 g/mol. The Morgan fingerprint density at radius 2 is 2.05 bits per heavy atom. The summed E-state index contributed by atoms with van der Waals surface area (Å²) in [5, 5.41) is 20.0. The Morgan fingerprint density at radius 3 is 2.73 bits per heavy atom. The van der Waals surface area contributed by atoms with Crippen LogP contribution in [-0.2, 0) is 0 Å². The molecular weight excluding hydrogens is 278 g/mol. The first kappa shape index (κ1) is 14.8. The van der Waals surface area contributed by atoms with Gasteiger partial charge in [0.1, 0.15) is 0 Å². The molecule has 0 bridgehead atoms. The van der Waals surface area contributed by atoms with Gasteiger partial charge in [0.2, 0.25) is 0 Å². The second-order valence-corrected chi connectivity index (χ2v) is 5.94. The number of aliphatic hydroxyl groups excluding tert-OH is 1. The summed E-state index contributed by atoms with van der Waals surface area (Å²) in [6.45, 7) is 2.03. The van der Waals surface area contributed by atoms with Crippen LogP contribution >= 0.6 is 0 Å². The SMILES string of the molecule is Cc1cc(-c2ccc(=O)[nH]n2)ccc1NC1CCCCC1O. The molecule has 2 aromatic rings. The third kappa shape index (κ3) is 3.20. The number of rotatable bonds is 3. The van der Waals surface area contributed by atoms with Crippen molar-refractivity contribution in [2.45, 2.75) is 44.8 Å². The first-order chi connectivity index (χ1) is 10.6. The second kappa shape index (κ2) is 6.32. The molecule has 0 radical (unpaired) electrons. The third-order valence-corrected chi connectivity index (χ3v) is 4.27. The molecule has 1 saturated carbocycles. The van der Waals surface area contributed by atoms with Gasteiger partial charge in [-0.3, -0.25) is 4.79 Å². The largest absolute Gasteiger partial charge is 0.391 e. The first-order valence-corrected chi connectivity index (χ1v) is 7.75. The fourth-order valence-corrected chi connectivity index (χ4v) is 2.97. The number of aliphatic hydroxyl groups is 1. The minimum Gasteiger partial charge on any atom is -0.391 e. The van der Waals surface area contributed by atoms with Crippen molar-refractivity contribution in [1.29, 1.82) is 0 Å². The van der Waals surface area contributed by atoms with Gasteiger partial charge in [-0.1, -0.05) is 18.9 Å². The molecule has 1 aromatic carbocycles. The van der Waals surface area contributed by atoms with Crippen molar-refractivity contribution >= 4 is 5.69 Å². The number of nitrogens with zero attached hydrogens (tertiary/aromatic N) is 1. The zero-order valence-electron chi connectivity index (χ0n) is 12.7. The quantitative estimate of drug-likeness (QED) is 0.813. The Bertz CT molecular complexity index is 691. The molecule has 3 N–H and O–H groups in total. The number of aromatic amines is 1. The van der Waals surface area contributed by atoms with Gasteiger partial charge in [0.25, 0.3) is 5.56 Å². The highest BCUT2D eigenvalue weighted by Crippen LogP contribution is 2.27. The maximum atomic E-state index is 11.1.